The standard InChI is InChI=1S/C13H21N3/c1-2-3-4-8-11-15-13(14)16-12-9-6-5-7-10-12/h5-7,9-10H,2-4,8,11H2,1H3,(H3,14,15,16). The van der Waals surface area contributed by atoms with Crippen molar-refractivity contribution in [1.29, 1.82) is 5.41 Å². The van der Waals surface area contributed by atoms with Crippen LogP contribution in [0.2, 0.25) is 0 Å². The lowest BCUT2D eigenvalue weighted by atomic mass is 10.2. The molecule has 0 aliphatic rings. The Morgan fingerprint density at radius 1 is 1.12 bits per heavy atom. The highest BCUT2D eigenvalue weighted by Gasteiger charge is 1.95. The molecule has 0 bridgehead atoms. The van der Waals surface area contributed by atoms with Gasteiger partial charge in [-0.1, -0.05) is 44.4 Å². The van der Waals surface area contributed by atoms with Gasteiger partial charge in [-0.15, -0.1) is 0 Å². The van der Waals surface area contributed by atoms with Crippen molar-refractivity contribution in [3.05, 3.63) is 30.3 Å². The van der Waals surface area contributed by atoms with Crippen LogP contribution in [-0.4, -0.2) is 12.5 Å². The van der Waals surface area contributed by atoms with Crippen molar-refractivity contribution in [3.63, 3.8) is 0 Å². The third-order valence-corrected chi connectivity index (χ3v) is 2.38. The van der Waals surface area contributed by atoms with Crippen LogP contribution in [-0.2, 0) is 0 Å². The first-order valence-corrected chi connectivity index (χ1v) is 5.97. The van der Waals surface area contributed by atoms with E-state index in [-0.39, 0.29) is 0 Å². The molecule has 1 aromatic rings. The molecule has 0 unspecified atom stereocenters. The average Bonchev–Trinajstić information content (AvgIpc) is 2.30. The number of unbranched alkanes of at least 4 members (excludes halogenated alkanes) is 3. The van der Waals surface area contributed by atoms with E-state index >= 15 is 0 Å². The lowest BCUT2D eigenvalue weighted by molar-refractivity contribution is 0.653. The van der Waals surface area contributed by atoms with Crippen LogP contribution in [0.25, 0.3) is 0 Å². The van der Waals surface area contributed by atoms with Crippen molar-refractivity contribution in [2.24, 2.45) is 0 Å². The second-order valence-corrected chi connectivity index (χ2v) is 3.85. The van der Waals surface area contributed by atoms with Crippen LogP contribution in [0.5, 0.6) is 0 Å². The minimum absolute atomic E-state index is 0.377. The molecule has 0 aromatic heterocycles. The van der Waals surface area contributed by atoms with E-state index in [0.717, 1.165) is 18.7 Å². The molecule has 0 radical (unpaired) electrons. The average molecular weight is 219 g/mol. The zero-order valence-corrected chi connectivity index (χ0v) is 9.92. The quantitative estimate of drug-likeness (QED) is 0.391. The maximum atomic E-state index is 7.68. The summed E-state index contributed by atoms with van der Waals surface area (Å²) < 4.78 is 0. The molecule has 0 saturated heterocycles. The summed E-state index contributed by atoms with van der Waals surface area (Å²) in [6.07, 6.45) is 4.90. The van der Waals surface area contributed by atoms with Crippen molar-refractivity contribution >= 4 is 11.6 Å². The Morgan fingerprint density at radius 3 is 2.56 bits per heavy atom. The van der Waals surface area contributed by atoms with Crippen LogP contribution in [0.4, 0.5) is 5.69 Å². The number of hydrogen-bond donors (Lipinski definition) is 3. The second kappa shape index (κ2) is 7.74. The predicted octanol–water partition coefficient (Wildman–Crippen LogP) is 3.20. The first kappa shape index (κ1) is 12.6. The van der Waals surface area contributed by atoms with E-state index in [4.69, 9.17) is 5.41 Å². The Morgan fingerprint density at radius 2 is 1.88 bits per heavy atom. The SMILES string of the molecule is CCCCCCNC(=N)Nc1ccccc1. The summed E-state index contributed by atoms with van der Waals surface area (Å²) >= 11 is 0. The number of anilines is 1. The fourth-order valence-electron chi connectivity index (χ4n) is 1.48. The Balaban J connectivity index is 2.12. The summed E-state index contributed by atoms with van der Waals surface area (Å²) in [5.41, 5.74) is 0.952. The highest BCUT2D eigenvalue weighted by Crippen LogP contribution is 2.03. The van der Waals surface area contributed by atoms with Gasteiger partial charge in [0.25, 0.3) is 0 Å². The smallest absolute Gasteiger partial charge is 0.192 e. The molecule has 3 N–H and O–H groups in total. The molecule has 1 aromatic carbocycles. The predicted molar refractivity (Wildman–Crippen MR) is 69.9 cm³/mol. The molecule has 0 aliphatic heterocycles. The Bertz CT molecular complexity index is 295. The van der Waals surface area contributed by atoms with Crippen molar-refractivity contribution in [1.82, 2.24) is 5.32 Å². The number of guanidine groups is 1. The van der Waals surface area contributed by atoms with Gasteiger partial charge >= 0.3 is 0 Å². The fraction of sp³-hybridized carbons (Fsp3) is 0.462. The minimum Gasteiger partial charge on any atom is -0.356 e. The molecule has 0 fully saturated rings. The number of nitrogens with one attached hydrogen (secondary N) is 3. The Labute approximate surface area is 97.8 Å². The van der Waals surface area contributed by atoms with E-state index in [1.54, 1.807) is 0 Å². The van der Waals surface area contributed by atoms with Crippen LogP contribution in [0.3, 0.4) is 0 Å². The van der Waals surface area contributed by atoms with E-state index in [1.807, 2.05) is 30.3 Å². The van der Waals surface area contributed by atoms with Gasteiger partial charge in [-0.05, 0) is 18.6 Å². The molecule has 88 valence electrons. The number of hydrogen-bond acceptors (Lipinski definition) is 1. The molecule has 0 aliphatic carbocycles. The Kier molecular flexibility index (Phi) is 6.07. The lowest BCUT2D eigenvalue weighted by Crippen LogP contribution is -2.30. The van der Waals surface area contributed by atoms with Crippen LogP contribution < -0.4 is 10.6 Å². The van der Waals surface area contributed by atoms with E-state index in [2.05, 4.69) is 17.6 Å². The zero-order chi connectivity index (χ0) is 11.6. The highest BCUT2D eigenvalue weighted by atomic mass is 15.1. The molecule has 16 heavy (non-hydrogen) atoms. The molecule has 0 spiro atoms. The van der Waals surface area contributed by atoms with Gasteiger partial charge in [-0.2, -0.15) is 0 Å². The van der Waals surface area contributed by atoms with E-state index in [1.165, 1.54) is 19.3 Å². The van der Waals surface area contributed by atoms with Gasteiger partial charge in [0.05, 0.1) is 0 Å². The number of para-hydroxylation sites is 1. The minimum atomic E-state index is 0.377. The summed E-state index contributed by atoms with van der Waals surface area (Å²) in [5.74, 6) is 0.377. The summed E-state index contributed by atoms with van der Waals surface area (Å²) in [4.78, 5) is 0. The van der Waals surface area contributed by atoms with Gasteiger partial charge in [0.2, 0.25) is 0 Å². The highest BCUT2D eigenvalue weighted by molar-refractivity contribution is 5.90. The van der Waals surface area contributed by atoms with Crippen molar-refractivity contribution < 1.29 is 0 Å². The van der Waals surface area contributed by atoms with Gasteiger partial charge in [0.1, 0.15) is 0 Å². The van der Waals surface area contributed by atoms with Crippen LogP contribution >= 0.6 is 0 Å². The van der Waals surface area contributed by atoms with E-state index in [9.17, 15) is 0 Å². The largest absolute Gasteiger partial charge is 0.356 e. The molecular weight excluding hydrogens is 198 g/mol. The molecule has 0 amide bonds. The topological polar surface area (TPSA) is 47.9 Å². The van der Waals surface area contributed by atoms with Gasteiger partial charge in [0.15, 0.2) is 5.96 Å². The van der Waals surface area contributed by atoms with Gasteiger partial charge in [-0.25, -0.2) is 0 Å². The van der Waals surface area contributed by atoms with Crippen LogP contribution in [0, 0.1) is 5.41 Å². The lowest BCUT2D eigenvalue weighted by Gasteiger charge is -2.09. The monoisotopic (exact) mass is 219 g/mol. The fourth-order valence-corrected chi connectivity index (χ4v) is 1.48. The molecule has 3 nitrogen and oxygen atoms in total. The molecule has 0 atom stereocenters. The molecule has 3 heteroatoms. The normalized spacial score (nSPS) is 9.81. The number of benzene rings is 1. The van der Waals surface area contributed by atoms with Gasteiger partial charge < -0.3 is 10.6 Å². The summed E-state index contributed by atoms with van der Waals surface area (Å²) in [6.45, 7) is 3.07. The molecular formula is C13H21N3. The maximum Gasteiger partial charge on any atom is 0.192 e. The van der Waals surface area contributed by atoms with Crippen molar-refractivity contribution in [2.75, 3.05) is 11.9 Å². The van der Waals surface area contributed by atoms with Crippen LogP contribution in [0.15, 0.2) is 30.3 Å². The maximum absolute atomic E-state index is 7.68. The third kappa shape index (κ3) is 5.39. The van der Waals surface area contributed by atoms with E-state index in [0.29, 0.717) is 5.96 Å². The van der Waals surface area contributed by atoms with Gasteiger partial charge in [-0.3, -0.25) is 5.41 Å². The molecule has 0 heterocycles. The van der Waals surface area contributed by atoms with E-state index < -0.39 is 0 Å². The first-order chi connectivity index (χ1) is 7.83. The van der Waals surface area contributed by atoms with Gasteiger partial charge in [0, 0.05) is 12.2 Å². The molecule has 0 saturated carbocycles. The molecule has 1 rings (SSSR count). The Hall–Kier alpha value is -1.51. The zero-order valence-electron chi connectivity index (χ0n) is 9.92. The van der Waals surface area contributed by atoms with Crippen LogP contribution in [0.1, 0.15) is 32.6 Å². The number of rotatable bonds is 6. The third-order valence-electron chi connectivity index (χ3n) is 2.38. The summed E-state index contributed by atoms with van der Waals surface area (Å²) in [6, 6.07) is 9.78. The van der Waals surface area contributed by atoms with Crippen molar-refractivity contribution in [3.8, 4) is 0 Å². The summed E-state index contributed by atoms with van der Waals surface area (Å²) in [7, 11) is 0. The summed E-state index contributed by atoms with van der Waals surface area (Å²) in [5, 5.41) is 13.8. The first-order valence-electron chi connectivity index (χ1n) is 5.97. The van der Waals surface area contributed by atoms with Crippen molar-refractivity contribution in [2.45, 2.75) is 32.6 Å². The second-order valence-electron chi connectivity index (χ2n) is 3.85.